The molecule has 6 nitrogen and oxygen atoms in total. The zero-order valence-electron chi connectivity index (χ0n) is 17.0. The highest BCUT2D eigenvalue weighted by Gasteiger charge is 2.18. The number of unbranched alkanes of at least 4 members (excludes halogenated alkanes) is 1. The molecule has 2 aromatic carbocycles. The lowest BCUT2D eigenvalue weighted by Gasteiger charge is -2.19. The van der Waals surface area contributed by atoms with Gasteiger partial charge in [-0.15, -0.1) is 0 Å². The molecule has 1 atom stereocenters. The highest BCUT2D eigenvalue weighted by atomic mass is 79.9. The first-order valence-corrected chi connectivity index (χ1v) is 10.4. The highest BCUT2D eigenvalue weighted by Crippen LogP contribution is 2.30. The summed E-state index contributed by atoms with van der Waals surface area (Å²) in [5, 5.41) is 5.73. The van der Waals surface area contributed by atoms with Gasteiger partial charge in [-0.1, -0.05) is 41.4 Å². The summed E-state index contributed by atoms with van der Waals surface area (Å²) in [5.74, 6) is 0.776. The molecule has 29 heavy (non-hydrogen) atoms. The monoisotopic (exact) mass is 462 g/mol. The first-order chi connectivity index (χ1) is 13.9. The third-order valence-corrected chi connectivity index (χ3v) is 4.78. The topological polar surface area (TPSA) is 76.7 Å². The summed E-state index contributed by atoms with van der Waals surface area (Å²) in [5.41, 5.74) is 1.39. The van der Waals surface area contributed by atoms with Gasteiger partial charge in [-0.2, -0.15) is 0 Å². The van der Waals surface area contributed by atoms with E-state index < -0.39 is 6.04 Å². The van der Waals surface area contributed by atoms with E-state index in [1.54, 1.807) is 25.3 Å². The zero-order valence-corrected chi connectivity index (χ0v) is 18.5. The van der Waals surface area contributed by atoms with E-state index in [0.717, 1.165) is 22.9 Å². The van der Waals surface area contributed by atoms with Gasteiger partial charge in [0.15, 0.2) is 0 Å². The van der Waals surface area contributed by atoms with E-state index >= 15 is 0 Å². The Labute approximate surface area is 180 Å². The van der Waals surface area contributed by atoms with Gasteiger partial charge >= 0.3 is 0 Å². The van der Waals surface area contributed by atoms with Crippen molar-refractivity contribution in [3.05, 3.63) is 52.5 Å². The van der Waals surface area contributed by atoms with Crippen LogP contribution >= 0.6 is 15.9 Å². The van der Waals surface area contributed by atoms with E-state index in [2.05, 4.69) is 33.5 Å². The smallest absolute Gasteiger partial charge is 0.226 e. The largest absolute Gasteiger partial charge is 0.497 e. The van der Waals surface area contributed by atoms with Gasteiger partial charge in [-0.3, -0.25) is 9.59 Å². The van der Waals surface area contributed by atoms with Crippen molar-refractivity contribution in [2.75, 3.05) is 19.0 Å². The molecular weight excluding hydrogens is 436 g/mol. The lowest BCUT2D eigenvalue weighted by atomic mass is 10.0. The number of rotatable bonds is 10. The van der Waals surface area contributed by atoms with Crippen molar-refractivity contribution >= 4 is 33.4 Å². The second-order valence-corrected chi connectivity index (χ2v) is 7.54. The van der Waals surface area contributed by atoms with Crippen LogP contribution in [0.2, 0.25) is 0 Å². The summed E-state index contributed by atoms with van der Waals surface area (Å²) >= 11 is 3.40. The van der Waals surface area contributed by atoms with Crippen LogP contribution in [0.5, 0.6) is 11.5 Å². The first-order valence-electron chi connectivity index (χ1n) is 9.56. The fraction of sp³-hybridized carbons (Fsp3) is 0.364. The highest BCUT2D eigenvalue weighted by molar-refractivity contribution is 9.10. The fourth-order valence-electron chi connectivity index (χ4n) is 2.77. The summed E-state index contributed by atoms with van der Waals surface area (Å²) in [4.78, 5) is 24.4. The maximum absolute atomic E-state index is 12.8. The summed E-state index contributed by atoms with van der Waals surface area (Å²) < 4.78 is 12.0. The van der Waals surface area contributed by atoms with Gasteiger partial charge in [-0.25, -0.2) is 0 Å². The number of amides is 2. The number of carbonyl (C=O) groups excluding carboxylic acids is 2. The molecule has 0 radical (unpaired) electrons. The zero-order chi connectivity index (χ0) is 21.2. The van der Waals surface area contributed by atoms with E-state index in [9.17, 15) is 9.59 Å². The van der Waals surface area contributed by atoms with Crippen LogP contribution in [0, 0.1) is 0 Å². The summed E-state index contributed by atoms with van der Waals surface area (Å²) in [7, 11) is 1.57. The molecule has 0 bridgehead atoms. The van der Waals surface area contributed by atoms with Crippen molar-refractivity contribution in [2.24, 2.45) is 0 Å². The van der Waals surface area contributed by atoms with Crippen LogP contribution in [-0.4, -0.2) is 25.5 Å². The number of carbonyl (C=O) groups is 2. The Bertz CT molecular complexity index is 824. The van der Waals surface area contributed by atoms with Crippen molar-refractivity contribution in [3.8, 4) is 11.5 Å². The standard InChI is InChI=1S/C22H27BrN2O4/c1-4-5-12-29-21-11-10-18(28-3)13-20(21)25-22(27)14-19(24-15(2)26)16-6-8-17(23)9-7-16/h6-11,13,19H,4-5,12,14H2,1-3H3,(H,24,26)(H,25,27). The van der Waals surface area contributed by atoms with Gasteiger partial charge in [-0.05, 0) is 36.2 Å². The molecule has 0 aliphatic carbocycles. The number of nitrogens with one attached hydrogen (secondary N) is 2. The third kappa shape index (κ3) is 7.42. The molecule has 0 aliphatic heterocycles. The number of anilines is 1. The lowest BCUT2D eigenvalue weighted by molar-refractivity contribution is -0.120. The molecule has 1 unspecified atom stereocenters. The Morgan fingerprint density at radius 1 is 1.14 bits per heavy atom. The molecule has 0 heterocycles. The molecule has 0 spiro atoms. The number of hydrogen-bond donors (Lipinski definition) is 2. The molecule has 2 N–H and O–H groups in total. The SMILES string of the molecule is CCCCOc1ccc(OC)cc1NC(=O)CC(NC(C)=O)c1ccc(Br)cc1. The molecule has 7 heteroatoms. The van der Waals surface area contributed by atoms with Gasteiger partial charge in [0.1, 0.15) is 11.5 Å². The molecule has 0 saturated heterocycles. The predicted molar refractivity (Wildman–Crippen MR) is 117 cm³/mol. The maximum Gasteiger partial charge on any atom is 0.226 e. The second-order valence-electron chi connectivity index (χ2n) is 6.62. The number of halogens is 1. The Hall–Kier alpha value is -2.54. The number of ether oxygens (including phenoxy) is 2. The molecule has 2 amide bonds. The van der Waals surface area contributed by atoms with Crippen LogP contribution in [0.1, 0.15) is 44.7 Å². The second kappa shape index (κ2) is 11.5. The summed E-state index contributed by atoms with van der Waals surface area (Å²) in [6.07, 6.45) is 2.03. The Balaban J connectivity index is 2.15. The van der Waals surface area contributed by atoms with Gasteiger partial charge in [0.25, 0.3) is 0 Å². The quantitative estimate of drug-likeness (QED) is 0.495. The van der Waals surface area contributed by atoms with Gasteiger partial charge < -0.3 is 20.1 Å². The van der Waals surface area contributed by atoms with Gasteiger partial charge in [0, 0.05) is 17.5 Å². The minimum atomic E-state index is -0.435. The number of benzene rings is 2. The van der Waals surface area contributed by atoms with E-state index in [1.807, 2.05) is 24.3 Å². The summed E-state index contributed by atoms with van der Waals surface area (Å²) in [6, 6.07) is 12.4. The summed E-state index contributed by atoms with van der Waals surface area (Å²) in [6.45, 7) is 4.09. The van der Waals surface area contributed by atoms with Crippen LogP contribution in [0.15, 0.2) is 46.9 Å². The van der Waals surface area contributed by atoms with Crippen molar-refractivity contribution in [2.45, 2.75) is 39.2 Å². The first kappa shape index (κ1) is 22.7. The third-order valence-electron chi connectivity index (χ3n) is 4.26. The van der Waals surface area contributed by atoms with Crippen molar-refractivity contribution in [3.63, 3.8) is 0 Å². The van der Waals surface area contributed by atoms with Gasteiger partial charge in [0.05, 0.1) is 31.9 Å². The minimum Gasteiger partial charge on any atom is -0.497 e. The Kier molecular flexibility index (Phi) is 8.99. The lowest BCUT2D eigenvalue weighted by Crippen LogP contribution is -2.29. The molecule has 0 aromatic heterocycles. The number of methoxy groups -OCH3 is 1. The van der Waals surface area contributed by atoms with Crippen LogP contribution in [-0.2, 0) is 9.59 Å². The van der Waals surface area contributed by atoms with E-state index in [0.29, 0.717) is 23.8 Å². The van der Waals surface area contributed by atoms with Crippen molar-refractivity contribution in [1.29, 1.82) is 0 Å². The van der Waals surface area contributed by atoms with E-state index in [4.69, 9.17) is 9.47 Å². The molecular formula is C22H27BrN2O4. The molecule has 2 aromatic rings. The maximum atomic E-state index is 12.8. The molecule has 0 saturated carbocycles. The molecule has 156 valence electrons. The van der Waals surface area contributed by atoms with E-state index in [-0.39, 0.29) is 18.2 Å². The Morgan fingerprint density at radius 3 is 2.48 bits per heavy atom. The fourth-order valence-corrected chi connectivity index (χ4v) is 3.03. The normalized spacial score (nSPS) is 11.4. The van der Waals surface area contributed by atoms with Gasteiger partial charge in [0.2, 0.25) is 11.8 Å². The van der Waals surface area contributed by atoms with Crippen LogP contribution in [0.3, 0.4) is 0 Å². The van der Waals surface area contributed by atoms with Crippen molar-refractivity contribution in [1.82, 2.24) is 5.32 Å². The average Bonchev–Trinajstić information content (AvgIpc) is 2.69. The number of hydrogen-bond acceptors (Lipinski definition) is 4. The van der Waals surface area contributed by atoms with E-state index in [1.165, 1.54) is 6.92 Å². The molecule has 2 rings (SSSR count). The van der Waals surface area contributed by atoms with Crippen molar-refractivity contribution < 1.29 is 19.1 Å². The van der Waals surface area contributed by atoms with Crippen LogP contribution in [0.4, 0.5) is 5.69 Å². The minimum absolute atomic E-state index is 0.0901. The Morgan fingerprint density at radius 2 is 1.86 bits per heavy atom. The van der Waals surface area contributed by atoms with Crippen LogP contribution < -0.4 is 20.1 Å². The predicted octanol–water partition coefficient (Wildman–Crippen LogP) is 4.84. The molecule has 0 aliphatic rings. The average molecular weight is 463 g/mol. The molecule has 0 fully saturated rings. The van der Waals surface area contributed by atoms with Crippen LogP contribution in [0.25, 0.3) is 0 Å².